The summed E-state index contributed by atoms with van der Waals surface area (Å²) in [6.07, 6.45) is 5.25. The van der Waals surface area contributed by atoms with E-state index in [1.807, 2.05) is 48.5 Å². The molecule has 2 aromatic heterocycles. The molecule has 0 atom stereocenters. The summed E-state index contributed by atoms with van der Waals surface area (Å²) in [5, 5.41) is 8.66. The standard InChI is InChI=1S/C19H14N4O/c1-24-14-8-6-13(7-9-14)12-22-23-17-15-4-2-10-20-18(15)19-16(17)5-3-11-21-19/h2-12H,1H3/b22-12+. The highest BCUT2D eigenvalue weighted by molar-refractivity contribution is 6.23. The van der Waals surface area contributed by atoms with E-state index in [-0.39, 0.29) is 0 Å². The maximum Gasteiger partial charge on any atom is 0.118 e. The largest absolute Gasteiger partial charge is 0.497 e. The van der Waals surface area contributed by atoms with Crippen LogP contribution in [0.3, 0.4) is 0 Å². The topological polar surface area (TPSA) is 59.7 Å². The molecule has 5 nitrogen and oxygen atoms in total. The van der Waals surface area contributed by atoms with Crippen molar-refractivity contribution >= 4 is 11.9 Å². The Kier molecular flexibility index (Phi) is 3.59. The first-order chi connectivity index (χ1) is 11.9. The fourth-order valence-corrected chi connectivity index (χ4v) is 2.67. The summed E-state index contributed by atoms with van der Waals surface area (Å²) in [5.41, 5.74) is 5.37. The summed E-state index contributed by atoms with van der Waals surface area (Å²) in [4.78, 5) is 8.85. The Morgan fingerprint density at radius 1 is 0.875 bits per heavy atom. The molecule has 0 bridgehead atoms. The molecule has 0 fully saturated rings. The van der Waals surface area contributed by atoms with Gasteiger partial charge in [-0.05, 0) is 54.1 Å². The number of aromatic nitrogens is 2. The van der Waals surface area contributed by atoms with Gasteiger partial charge in [0.2, 0.25) is 0 Å². The van der Waals surface area contributed by atoms with Crippen LogP contribution >= 0.6 is 0 Å². The molecule has 0 saturated carbocycles. The van der Waals surface area contributed by atoms with Crippen LogP contribution < -0.4 is 4.74 Å². The molecule has 0 unspecified atom stereocenters. The molecule has 0 saturated heterocycles. The summed E-state index contributed by atoms with van der Waals surface area (Å²) in [5.74, 6) is 0.814. The molecule has 3 aromatic rings. The molecule has 5 heteroatoms. The van der Waals surface area contributed by atoms with Crippen LogP contribution in [-0.4, -0.2) is 29.0 Å². The quantitative estimate of drug-likeness (QED) is 0.430. The predicted molar refractivity (Wildman–Crippen MR) is 93.7 cm³/mol. The Labute approximate surface area is 139 Å². The summed E-state index contributed by atoms with van der Waals surface area (Å²) >= 11 is 0. The Morgan fingerprint density at radius 2 is 1.50 bits per heavy atom. The maximum atomic E-state index is 5.15. The minimum absolute atomic E-state index is 0.797. The third-order valence-corrected chi connectivity index (χ3v) is 3.83. The van der Waals surface area contributed by atoms with E-state index >= 15 is 0 Å². The van der Waals surface area contributed by atoms with E-state index in [1.165, 1.54) is 0 Å². The van der Waals surface area contributed by atoms with Gasteiger partial charge in [0, 0.05) is 23.5 Å². The molecule has 1 aliphatic carbocycles. The van der Waals surface area contributed by atoms with Crippen LogP contribution in [-0.2, 0) is 0 Å². The van der Waals surface area contributed by atoms with Crippen molar-refractivity contribution in [2.75, 3.05) is 7.11 Å². The molecule has 116 valence electrons. The zero-order valence-corrected chi connectivity index (χ0v) is 13.0. The summed E-state index contributed by atoms with van der Waals surface area (Å²) in [6, 6.07) is 15.4. The van der Waals surface area contributed by atoms with E-state index in [0.29, 0.717) is 0 Å². The summed E-state index contributed by atoms with van der Waals surface area (Å²) in [7, 11) is 1.64. The minimum Gasteiger partial charge on any atom is -0.497 e. The Bertz CT molecular complexity index is 898. The van der Waals surface area contributed by atoms with E-state index in [1.54, 1.807) is 25.7 Å². The fourth-order valence-electron chi connectivity index (χ4n) is 2.67. The molecule has 0 amide bonds. The lowest BCUT2D eigenvalue weighted by Gasteiger charge is -1.99. The smallest absolute Gasteiger partial charge is 0.118 e. The number of pyridine rings is 2. The molecular formula is C19H14N4O. The van der Waals surface area contributed by atoms with Gasteiger partial charge >= 0.3 is 0 Å². The number of nitrogens with zero attached hydrogens (tertiary/aromatic N) is 4. The lowest BCUT2D eigenvalue weighted by molar-refractivity contribution is 0.415. The van der Waals surface area contributed by atoms with E-state index in [0.717, 1.165) is 39.5 Å². The van der Waals surface area contributed by atoms with Crippen molar-refractivity contribution in [1.29, 1.82) is 0 Å². The van der Waals surface area contributed by atoms with Crippen LogP contribution in [0.25, 0.3) is 11.4 Å². The van der Waals surface area contributed by atoms with Crippen LogP contribution in [0.5, 0.6) is 5.75 Å². The second-order valence-corrected chi connectivity index (χ2v) is 5.27. The maximum absolute atomic E-state index is 5.15. The monoisotopic (exact) mass is 314 g/mol. The highest BCUT2D eigenvalue weighted by atomic mass is 16.5. The van der Waals surface area contributed by atoms with E-state index in [9.17, 15) is 0 Å². The number of benzene rings is 1. The molecule has 0 spiro atoms. The Morgan fingerprint density at radius 3 is 2.08 bits per heavy atom. The highest BCUT2D eigenvalue weighted by Gasteiger charge is 2.26. The Balaban J connectivity index is 1.70. The number of ether oxygens (including phenoxy) is 1. The SMILES string of the molecule is COc1ccc(/C=N/N=C2c3cccnc3-c3ncccc32)cc1. The van der Waals surface area contributed by atoms with Gasteiger partial charge in [0.15, 0.2) is 0 Å². The number of hydrogen-bond acceptors (Lipinski definition) is 5. The van der Waals surface area contributed by atoms with Crippen molar-refractivity contribution in [1.82, 2.24) is 9.97 Å². The predicted octanol–water partition coefficient (Wildman–Crippen LogP) is 3.34. The van der Waals surface area contributed by atoms with E-state index in [2.05, 4.69) is 20.2 Å². The zero-order valence-electron chi connectivity index (χ0n) is 13.0. The van der Waals surface area contributed by atoms with Gasteiger partial charge in [0.25, 0.3) is 0 Å². The molecule has 0 aliphatic heterocycles. The molecule has 0 N–H and O–H groups in total. The van der Waals surface area contributed by atoms with Gasteiger partial charge in [0.05, 0.1) is 24.7 Å². The highest BCUT2D eigenvalue weighted by Crippen LogP contribution is 2.33. The van der Waals surface area contributed by atoms with Crippen LogP contribution in [0.1, 0.15) is 16.7 Å². The number of methoxy groups -OCH3 is 1. The summed E-state index contributed by atoms with van der Waals surface area (Å²) < 4.78 is 5.15. The Hall–Kier alpha value is -3.34. The van der Waals surface area contributed by atoms with Crippen LogP contribution in [0.2, 0.25) is 0 Å². The van der Waals surface area contributed by atoms with Gasteiger partial charge < -0.3 is 4.74 Å². The first kappa shape index (κ1) is 14.3. The second kappa shape index (κ2) is 6.04. The van der Waals surface area contributed by atoms with Crippen molar-refractivity contribution in [3.05, 3.63) is 77.6 Å². The van der Waals surface area contributed by atoms with Crippen LogP contribution in [0.15, 0.2) is 71.1 Å². The normalized spacial score (nSPS) is 12.1. The lowest BCUT2D eigenvalue weighted by Crippen LogP contribution is -1.97. The third-order valence-electron chi connectivity index (χ3n) is 3.83. The van der Waals surface area contributed by atoms with Gasteiger partial charge in [-0.3, -0.25) is 9.97 Å². The zero-order chi connectivity index (χ0) is 16.4. The summed E-state index contributed by atoms with van der Waals surface area (Å²) in [6.45, 7) is 0. The van der Waals surface area contributed by atoms with Crippen molar-refractivity contribution in [3.63, 3.8) is 0 Å². The molecule has 4 rings (SSSR count). The van der Waals surface area contributed by atoms with E-state index < -0.39 is 0 Å². The van der Waals surface area contributed by atoms with Crippen LogP contribution in [0, 0.1) is 0 Å². The molecular weight excluding hydrogens is 300 g/mol. The molecule has 1 aromatic carbocycles. The first-order valence-electron chi connectivity index (χ1n) is 7.53. The fraction of sp³-hybridized carbons (Fsp3) is 0.0526. The third kappa shape index (κ3) is 2.46. The van der Waals surface area contributed by atoms with Gasteiger partial charge in [0.1, 0.15) is 11.5 Å². The van der Waals surface area contributed by atoms with Crippen LogP contribution in [0.4, 0.5) is 0 Å². The number of rotatable bonds is 3. The number of fused-ring (bicyclic) bond motifs is 3. The van der Waals surface area contributed by atoms with Crippen molar-refractivity contribution in [3.8, 4) is 17.1 Å². The first-order valence-corrected chi connectivity index (χ1v) is 7.53. The average molecular weight is 314 g/mol. The van der Waals surface area contributed by atoms with Gasteiger partial charge in [-0.2, -0.15) is 5.10 Å². The van der Waals surface area contributed by atoms with Crippen molar-refractivity contribution < 1.29 is 4.74 Å². The van der Waals surface area contributed by atoms with E-state index in [4.69, 9.17) is 4.74 Å². The lowest BCUT2D eigenvalue weighted by atomic mass is 10.1. The van der Waals surface area contributed by atoms with Crippen molar-refractivity contribution in [2.45, 2.75) is 0 Å². The second-order valence-electron chi connectivity index (χ2n) is 5.27. The van der Waals surface area contributed by atoms with Gasteiger partial charge in [-0.25, -0.2) is 0 Å². The molecule has 2 heterocycles. The average Bonchev–Trinajstić information content (AvgIpc) is 2.97. The van der Waals surface area contributed by atoms with Gasteiger partial charge in [-0.15, -0.1) is 5.10 Å². The molecule has 24 heavy (non-hydrogen) atoms. The van der Waals surface area contributed by atoms with Crippen molar-refractivity contribution in [2.24, 2.45) is 10.2 Å². The molecule has 1 aliphatic rings. The molecule has 0 radical (unpaired) electrons. The van der Waals surface area contributed by atoms with Gasteiger partial charge in [-0.1, -0.05) is 0 Å². The minimum atomic E-state index is 0.797. The number of hydrogen-bond donors (Lipinski definition) is 0.